The number of nitrogens with one attached hydrogen (secondary N) is 1. The molecule has 112 valence electrons. The lowest BCUT2D eigenvalue weighted by Crippen LogP contribution is -2.19. The van der Waals surface area contributed by atoms with Gasteiger partial charge in [-0.15, -0.1) is 11.3 Å². The van der Waals surface area contributed by atoms with Gasteiger partial charge in [0.05, 0.1) is 29.4 Å². The van der Waals surface area contributed by atoms with E-state index < -0.39 is 6.03 Å². The zero-order valence-electron chi connectivity index (χ0n) is 11.5. The van der Waals surface area contributed by atoms with E-state index in [2.05, 4.69) is 17.2 Å². The first-order valence-electron chi connectivity index (χ1n) is 5.79. The zero-order chi connectivity index (χ0) is 15.7. The number of urea groups is 1. The number of nitrogens with two attached hydrogens (primary N) is 1. The SMILES string of the molecule is COc1ccc(C)cc1.NC(=O)Nc1nc(C=S=O)cs1. The summed E-state index contributed by atoms with van der Waals surface area (Å²) in [6.07, 6.45) is 0. The van der Waals surface area contributed by atoms with Crippen molar-refractivity contribution in [1.82, 2.24) is 4.98 Å². The lowest BCUT2D eigenvalue weighted by Gasteiger charge is -1.97. The second kappa shape index (κ2) is 8.88. The van der Waals surface area contributed by atoms with E-state index in [0.717, 1.165) is 5.75 Å². The first-order chi connectivity index (χ1) is 10.0. The average molecular weight is 325 g/mol. The van der Waals surface area contributed by atoms with Crippen LogP contribution in [0.15, 0.2) is 29.6 Å². The number of rotatable bonds is 3. The molecule has 8 heteroatoms. The van der Waals surface area contributed by atoms with Gasteiger partial charge in [0.1, 0.15) is 5.75 Å². The highest BCUT2D eigenvalue weighted by molar-refractivity contribution is 7.65. The number of aromatic nitrogens is 1. The van der Waals surface area contributed by atoms with Gasteiger partial charge in [-0.3, -0.25) is 5.32 Å². The van der Waals surface area contributed by atoms with Crippen LogP contribution in [0.5, 0.6) is 5.75 Å². The monoisotopic (exact) mass is 325 g/mol. The molecule has 0 aliphatic heterocycles. The van der Waals surface area contributed by atoms with Crippen LogP contribution in [0.4, 0.5) is 9.93 Å². The fraction of sp³-hybridized carbons (Fsp3) is 0.154. The third-order valence-electron chi connectivity index (χ3n) is 2.18. The number of carbonyl (C=O) groups is 1. The molecule has 1 aromatic carbocycles. The Morgan fingerprint density at radius 3 is 2.62 bits per heavy atom. The van der Waals surface area contributed by atoms with Crippen LogP contribution in [-0.2, 0) is 11.3 Å². The minimum absolute atomic E-state index is 0.312. The number of thiazole rings is 1. The highest BCUT2D eigenvalue weighted by Gasteiger charge is 2.00. The lowest BCUT2D eigenvalue weighted by molar-refractivity contribution is 0.259. The maximum atomic E-state index is 10.3. The van der Waals surface area contributed by atoms with Crippen molar-refractivity contribution in [3.05, 3.63) is 40.9 Å². The first-order valence-corrected chi connectivity index (χ1v) is 7.48. The van der Waals surface area contributed by atoms with Crippen molar-refractivity contribution in [2.75, 3.05) is 12.4 Å². The fourth-order valence-electron chi connectivity index (χ4n) is 1.23. The molecule has 3 N–H and O–H groups in total. The van der Waals surface area contributed by atoms with Crippen LogP contribution < -0.4 is 15.8 Å². The highest BCUT2D eigenvalue weighted by Crippen LogP contribution is 2.13. The Kier molecular flexibility index (Phi) is 7.13. The average Bonchev–Trinajstić information content (AvgIpc) is 2.87. The van der Waals surface area contributed by atoms with Gasteiger partial charge in [0.15, 0.2) is 5.13 Å². The van der Waals surface area contributed by atoms with Crippen LogP contribution in [0.2, 0.25) is 0 Å². The van der Waals surface area contributed by atoms with Crippen molar-refractivity contribution in [3.63, 3.8) is 0 Å². The summed E-state index contributed by atoms with van der Waals surface area (Å²) in [7, 11) is 1.67. The van der Waals surface area contributed by atoms with E-state index in [0.29, 0.717) is 22.1 Å². The molecule has 0 atom stereocenters. The predicted molar refractivity (Wildman–Crippen MR) is 86.4 cm³/mol. The van der Waals surface area contributed by atoms with Crippen LogP contribution in [-0.4, -0.2) is 27.7 Å². The summed E-state index contributed by atoms with van der Waals surface area (Å²) < 4.78 is 15.0. The maximum absolute atomic E-state index is 10.3. The van der Waals surface area contributed by atoms with Crippen molar-refractivity contribution in [1.29, 1.82) is 0 Å². The molecule has 0 saturated heterocycles. The van der Waals surface area contributed by atoms with Gasteiger partial charge in [-0.05, 0) is 19.1 Å². The number of benzene rings is 1. The Bertz CT molecular complexity index is 634. The van der Waals surface area contributed by atoms with Crippen LogP contribution in [0, 0.1) is 6.92 Å². The molecule has 0 aliphatic rings. The third kappa shape index (κ3) is 6.68. The minimum atomic E-state index is -0.661. The molecule has 0 unspecified atom stereocenters. The minimum Gasteiger partial charge on any atom is -0.497 e. The summed E-state index contributed by atoms with van der Waals surface area (Å²) in [6.45, 7) is 2.06. The maximum Gasteiger partial charge on any atom is 0.318 e. The highest BCUT2D eigenvalue weighted by atomic mass is 32.1. The first kappa shape index (κ1) is 16.9. The van der Waals surface area contributed by atoms with Crippen LogP contribution in [0.25, 0.3) is 0 Å². The Morgan fingerprint density at radius 2 is 2.10 bits per heavy atom. The number of ether oxygens (including phenoxy) is 1. The number of hydrogen-bond donors (Lipinski definition) is 2. The van der Waals surface area contributed by atoms with Crippen LogP contribution in [0.1, 0.15) is 11.3 Å². The molecular formula is C13H15N3O3S2. The zero-order valence-corrected chi connectivity index (χ0v) is 13.2. The normalized spacial score (nSPS) is 9.05. The molecule has 0 bridgehead atoms. The van der Waals surface area contributed by atoms with Crippen molar-refractivity contribution in [2.45, 2.75) is 6.92 Å². The Morgan fingerprint density at radius 1 is 1.43 bits per heavy atom. The molecule has 0 aliphatic carbocycles. The number of methoxy groups -OCH3 is 1. The molecule has 2 rings (SSSR count). The standard InChI is InChI=1S/C8H10O.C5H5N3O2S2/c1-7-3-5-8(9-2)6-4-7;6-4(9)8-5-7-3(1-11-5)2-12-10/h3-6H,1-2H3;1-2H,(H3,6,7,8,9). The van der Waals surface area contributed by atoms with E-state index in [-0.39, 0.29) is 0 Å². The molecule has 0 radical (unpaired) electrons. The van der Waals surface area contributed by atoms with Gasteiger partial charge in [0.2, 0.25) is 0 Å². The fourth-order valence-corrected chi connectivity index (χ4v) is 2.20. The summed E-state index contributed by atoms with van der Waals surface area (Å²) in [5.74, 6) is 0.917. The number of hydrogen-bond acceptors (Lipinski definition) is 5. The number of primary amides is 1. The Hall–Kier alpha value is -2.19. The smallest absolute Gasteiger partial charge is 0.318 e. The number of aryl methyl sites for hydroxylation is 1. The van der Waals surface area contributed by atoms with Gasteiger partial charge in [0.25, 0.3) is 0 Å². The van der Waals surface area contributed by atoms with E-state index in [1.807, 2.05) is 24.3 Å². The van der Waals surface area contributed by atoms with Gasteiger partial charge in [0, 0.05) is 5.38 Å². The second-order valence-corrected chi connectivity index (χ2v) is 5.08. The van der Waals surface area contributed by atoms with Gasteiger partial charge >= 0.3 is 6.03 Å². The molecule has 1 heterocycles. The van der Waals surface area contributed by atoms with Gasteiger partial charge in [-0.2, -0.15) is 0 Å². The number of nitrogens with zero attached hydrogens (tertiary/aromatic N) is 1. The molecule has 6 nitrogen and oxygen atoms in total. The molecule has 0 spiro atoms. The molecule has 0 saturated carbocycles. The van der Waals surface area contributed by atoms with E-state index in [1.165, 1.54) is 22.3 Å². The molecule has 2 aromatic rings. The van der Waals surface area contributed by atoms with Crippen molar-refractivity contribution in [3.8, 4) is 5.75 Å². The van der Waals surface area contributed by atoms with E-state index in [1.54, 1.807) is 12.5 Å². The molecular weight excluding hydrogens is 310 g/mol. The number of carbonyl (C=O) groups excluding carboxylic acids is 1. The van der Waals surface area contributed by atoms with Crippen LogP contribution >= 0.6 is 11.3 Å². The number of anilines is 1. The second-order valence-electron chi connectivity index (χ2n) is 3.80. The van der Waals surface area contributed by atoms with E-state index in [4.69, 9.17) is 10.5 Å². The van der Waals surface area contributed by atoms with E-state index in [9.17, 15) is 9.00 Å². The van der Waals surface area contributed by atoms with Crippen LogP contribution in [0.3, 0.4) is 0 Å². The summed E-state index contributed by atoms with van der Waals surface area (Å²) in [4.78, 5) is 14.2. The lowest BCUT2D eigenvalue weighted by atomic mass is 10.2. The van der Waals surface area contributed by atoms with Gasteiger partial charge in [-0.1, -0.05) is 17.7 Å². The largest absolute Gasteiger partial charge is 0.497 e. The Labute approximate surface area is 130 Å². The summed E-state index contributed by atoms with van der Waals surface area (Å²) in [5, 5.41) is 5.67. The van der Waals surface area contributed by atoms with Gasteiger partial charge < -0.3 is 10.5 Å². The third-order valence-corrected chi connectivity index (χ3v) is 3.29. The number of amides is 2. The van der Waals surface area contributed by atoms with Crippen molar-refractivity contribution in [2.24, 2.45) is 5.73 Å². The topological polar surface area (TPSA) is 94.3 Å². The van der Waals surface area contributed by atoms with E-state index >= 15 is 0 Å². The predicted octanol–water partition coefficient (Wildman–Crippen LogP) is 2.00. The molecule has 0 fully saturated rings. The molecule has 2 amide bonds. The summed E-state index contributed by atoms with van der Waals surface area (Å²) in [5.41, 5.74) is 6.64. The quantitative estimate of drug-likeness (QED) is 0.844. The summed E-state index contributed by atoms with van der Waals surface area (Å²) in [6, 6.07) is 7.30. The summed E-state index contributed by atoms with van der Waals surface area (Å²) >= 11 is 1.52. The Balaban J connectivity index is 0.000000219. The van der Waals surface area contributed by atoms with Crippen molar-refractivity contribution < 1.29 is 13.7 Å². The molecule has 21 heavy (non-hydrogen) atoms. The van der Waals surface area contributed by atoms with Gasteiger partial charge in [-0.25, -0.2) is 14.0 Å². The van der Waals surface area contributed by atoms with Crippen molar-refractivity contribution >= 4 is 39.1 Å². The molecule has 1 aromatic heterocycles.